The van der Waals surface area contributed by atoms with Crippen molar-refractivity contribution in [1.29, 1.82) is 0 Å². The zero-order chi connectivity index (χ0) is 35.1. The number of rotatable bonds is 5. The number of aromatic nitrogens is 2. The molecule has 5 aliphatic rings. The third-order valence-corrected chi connectivity index (χ3v) is 11.1. The van der Waals surface area contributed by atoms with Gasteiger partial charge in [-0.1, -0.05) is 35.9 Å². The molecule has 0 unspecified atom stereocenters. The number of nitrogens with zero attached hydrogens (tertiary/aromatic N) is 5. The van der Waals surface area contributed by atoms with Crippen molar-refractivity contribution < 1.29 is 32.5 Å². The van der Waals surface area contributed by atoms with Gasteiger partial charge >= 0.3 is 12.1 Å². The van der Waals surface area contributed by atoms with Crippen LogP contribution in [0, 0.1) is 11.6 Å². The van der Waals surface area contributed by atoms with E-state index in [2.05, 4.69) is 9.88 Å². The normalized spacial score (nSPS) is 25.1. The molecule has 0 radical (unpaired) electrons. The molecule has 13 heteroatoms. The van der Waals surface area contributed by atoms with Crippen LogP contribution in [0.1, 0.15) is 52.9 Å². The number of amides is 1. The smallest absolute Gasteiger partial charge is 0.410 e. The highest BCUT2D eigenvalue weighted by Crippen LogP contribution is 2.45. The van der Waals surface area contributed by atoms with Crippen molar-refractivity contribution in [3.05, 3.63) is 53.1 Å². The summed E-state index contributed by atoms with van der Waals surface area (Å²) in [6.07, 6.45) is 2.14. The van der Waals surface area contributed by atoms with Gasteiger partial charge in [0.05, 0.1) is 22.2 Å². The van der Waals surface area contributed by atoms with Gasteiger partial charge in [-0.3, -0.25) is 4.90 Å². The molecule has 4 aromatic rings. The summed E-state index contributed by atoms with van der Waals surface area (Å²) in [6, 6.07) is 8.80. The minimum Gasteiger partial charge on any atom is -0.506 e. The van der Waals surface area contributed by atoms with Crippen LogP contribution in [0.3, 0.4) is 0 Å². The number of piperidine rings is 2. The molecule has 9 nitrogen and oxygen atoms in total. The van der Waals surface area contributed by atoms with Crippen LogP contribution in [0.15, 0.2) is 36.4 Å². The lowest BCUT2D eigenvalue weighted by Gasteiger charge is -2.51. The van der Waals surface area contributed by atoms with Crippen molar-refractivity contribution in [3.8, 4) is 22.9 Å². The van der Waals surface area contributed by atoms with Gasteiger partial charge in [0.25, 0.3) is 0 Å². The van der Waals surface area contributed by atoms with Gasteiger partial charge in [-0.2, -0.15) is 9.97 Å². The Bertz CT molecular complexity index is 2030. The van der Waals surface area contributed by atoms with Crippen LogP contribution >= 0.6 is 11.6 Å². The van der Waals surface area contributed by atoms with E-state index in [1.807, 2.05) is 25.7 Å². The van der Waals surface area contributed by atoms with Crippen molar-refractivity contribution >= 4 is 45.2 Å². The largest absolute Gasteiger partial charge is 0.506 e. The molecule has 6 heterocycles. The van der Waals surface area contributed by atoms with Gasteiger partial charge in [-0.15, -0.1) is 0 Å². The van der Waals surface area contributed by atoms with Crippen LogP contribution in [0.4, 0.5) is 23.8 Å². The van der Waals surface area contributed by atoms with E-state index in [1.165, 1.54) is 12.1 Å². The fourth-order valence-electron chi connectivity index (χ4n) is 8.50. The number of anilines is 1. The number of alkyl halides is 1. The van der Waals surface area contributed by atoms with Crippen LogP contribution < -0.4 is 9.64 Å². The molecule has 9 rings (SSSR count). The Labute approximate surface area is 292 Å². The molecule has 1 amide bonds. The van der Waals surface area contributed by atoms with Crippen LogP contribution in [-0.2, 0) is 4.74 Å². The van der Waals surface area contributed by atoms with Gasteiger partial charge in [0.15, 0.2) is 5.82 Å². The molecule has 5 fully saturated rings. The number of benzene rings is 3. The number of carbonyl (C=O) groups excluding carboxylic acids is 1. The number of phenolic OH excluding ortho intramolecular Hbond substituents is 1. The number of halogens is 4. The molecular formula is C37H39ClF3N5O4. The molecular weight excluding hydrogens is 671 g/mol. The highest BCUT2D eigenvalue weighted by Gasteiger charge is 2.50. The maximum atomic E-state index is 17.0. The standard InChI is InChI=1S/C37H39ClF3N5O4/c1-36(2,3)50-35(48)46-18-21-9-10-22(46)17-45(21)33-26-13-27(40)29(25-14-28(47)30(38)24-8-5-4-7-23(24)25)31(41)32(26)42-34(43-33)49-19-37-11-6-12-44(37)16-20(39)15-37/h4-5,7-8,13-14,20-22,47H,6,9-12,15-19H2,1-3H3/t20-,21-,22-,37+/m1/s1. The second-order valence-electron chi connectivity index (χ2n) is 15.1. The number of phenols is 1. The number of hydrogen-bond donors (Lipinski definition) is 1. The number of carbonyl (C=O) groups is 1. The summed E-state index contributed by atoms with van der Waals surface area (Å²) in [4.78, 5) is 28.3. The first-order chi connectivity index (χ1) is 23.8. The zero-order valence-corrected chi connectivity index (χ0v) is 28.9. The highest BCUT2D eigenvalue weighted by atomic mass is 35.5. The van der Waals surface area contributed by atoms with Crippen LogP contribution in [0.5, 0.6) is 11.8 Å². The number of aromatic hydroxyl groups is 1. The zero-order valence-electron chi connectivity index (χ0n) is 28.2. The van der Waals surface area contributed by atoms with Crippen LogP contribution in [0.2, 0.25) is 5.02 Å². The maximum absolute atomic E-state index is 17.0. The Balaban J connectivity index is 1.24. The van der Waals surface area contributed by atoms with Crippen LogP contribution in [-0.4, -0.2) is 93.1 Å². The van der Waals surface area contributed by atoms with E-state index in [4.69, 9.17) is 26.1 Å². The lowest BCUT2D eigenvalue weighted by Crippen LogP contribution is -2.64. The lowest BCUT2D eigenvalue weighted by atomic mass is 9.90. The molecule has 3 aromatic carbocycles. The molecule has 1 aromatic heterocycles. The van der Waals surface area contributed by atoms with Gasteiger partial charge in [0.1, 0.15) is 41.3 Å². The van der Waals surface area contributed by atoms with Gasteiger partial charge in [0.2, 0.25) is 0 Å². The third-order valence-electron chi connectivity index (χ3n) is 10.7. The van der Waals surface area contributed by atoms with Crippen molar-refractivity contribution in [2.45, 2.75) is 82.3 Å². The molecule has 264 valence electrons. The summed E-state index contributed by atoms with van der Waals surface area (Å²) in [5, 5.41) is 11.8. The number of hydrogen-bond acceptors (Lipinski definition) is 8. The Morgan fingerprint density at radius 1 is 1.06 bits per heavy atom. The maximum Gasteiger partial charge on any atom is 0.410 e. The number of piperazine rings is 1. The van der Waals surface area contributed by atoms with Crippen LogP contribution in [0.25, 0.3) is 32.8 Å². The summed E-state index contributed by atoms with van der Waals surface area (Å²) in [6.45, 7) is 7.45. The molecule has 5 saturated heterocycles. The van der Waals surface area contributed by atoms with E-state index in [1.54, 1.807) is 29.2 Å². The van der Waals surface area contributed by atoms with E-state index >= 15 is 8.78 Å². The second kappa shape index (κ2) is 12.0. The van der Waals surface area contributed by atoms with Gasteiger partial charge < -0.3 is 24.4 Å². The molecule has 0 saturated carbocycles. The predicted molar refractivity (Wildman–Crippen MR) is 185 cm³/mol. The molecule has 50 heavy (non-hydrogen) atoms. The number of ether oxygens (including phenoxy) is 2. The van der Waals surface area contributed by atoms with Gasteiger partial charge in [0, 0.05) is 42.9 Å². The molecule has 5 aliphatic heterocycles. The van der Waals surface area contributed by atoms with E-state index < -0.39 is 35.0 Å². The molecule has 2 bridgehead atoms. The lowest BCUT2D eigenvalue weighted by molar-refractivity contribution is 0.000791. The molecule has 0 aliphatic carbocycles. The minimum atomic E-state index is -0.961. The Kier molecular flexibility index (Phi) is 7.98. The first-order valence-corrected chi connectivity index (χ1v) is 17.6. The summed E-state index contributed by atoms with van der Waals surface area (Å²) < 4.78 is 59.8. The van der Waals surface area contributed by atoms with Crippen molar-refractivity contribution in [2.75, 3.05) is 37.7 Å². The summed E-state index contributed by atoms with van der Waals surface area (Å²) >= 11 is 6.38. The third kappa shape index (κ3) is 5.55. The molecule has 0 spiro atoms. The minimum absolute atomic E-state index is 0.0783. The summed E-state index contributed by atoms with van der Waals surface area (Å²) in [7, 11) is 0. The highest BCUT2D eigenvalue weighted by molar-refractivity contribution is 6.37. The Morgan fingerprint density at radius 2 is 1.82 bits per heavy atom. The average Bonchev–Trinajstić information content (AvgIpc) is 3.61. The summed E-state index contributed by atoms with van der Waals surface area (Å²) in [5.74, 6) is -1.82. The van der Waals surface area contributed by atoms with E-state index in [-0.39, 0.29) is 57.5 Å². The Hall–Kier alpha value is -4.03. The van der Waals surface area contributed by atoms with Gasteiger partial charge in [-0.05, 0) is 76.1 Å². The van der Waals surface area contributed by atoms with Crippen molar-refractivity contribution in [3.63, 3.8) is 0 Å². The van der Waals surface area contributed by atoms with Crippen molar-refractivity contribution in [2.24, 2.45) is 0 Å². The topological polar surface area (TPSA) is 91.3 Å². The molecule has 4 atom stereocenters. The SMILES string of the molecule is CC(C)(C)OC(=O)N1C[C@H]2CC[C@@H]1CN2c1nc(OC[C@@]23CCCN2C[C@H](F)C3)nc2c(F)c(-c3cc(O)c(Cl)c4ccccc34)c(F)cc12. The first kappa shape index (κ1) is 33.1. The quantitative estimate of drug-likeness (QED) is 0.226. The first-order valence-electron chi connectivity index (χ1n) is 17.2. The van der Waals surface area contributed by atoms with Gasteiger partial charge in [-0.25, -0.2) is 18.0 Å². The second-order valence-corrected chi connectivity index (χ2v) is 15.5. The number of fused-ring (bicyclic) bond motifs is 6. The summed E-state index contributed by atoms with van der Waals surface area (Å²) in [5.41, 5.74) is -1.56. The van der Waals surface area contributed by atoms with Crippen molar-refractivity contribution in [1.82, 2.24) is 19.8 Å². The average molecular weight is 710 g/mol. The van der Waals surface area contributed by atoms with E-state index in [9.17, 15) is 14.3 Å². The van der Waals surface area contributed by atoms with E-state index in [0.29, 0.717) is 42.6 Å². The fraction of sp³-hybridized carbons (Fsp3) is 0.486. The predicted octanol–water partition coefficient (Wildman–Crippen LogP) is 7.63. The Morgan fingerprint density at radius 3 is 2.56 bits per heavy atom. The fourth-order valence-corrected chi connectivity index (χ4v) is 8.72. The monoisotopic (exact) mass is 709 g/mol. The molecule has 1 N–H and O–H groups in total. The van der Waals surface area contributed by atoms with E-state index in [0.717, 1.165) is 32.2 Å².